The lowest BCUT2D eigenvalue weighted by molar-refractivity contribution is -0.122. The molecule has 7 heteroatoms. The van der Waals surface area contributed by atoms with Crippen molar-refractivity contribution in [2.75, 3.05) is 51.0 Å². The van der Waals surface area contributed by atoms with Gasteiger partial charge in [0.2, 0.25) is 0 Å². The van der Waals surface area contributed by atoms with E-state index in [0.29, 0.717) is 29.8 Å². The molecular formula is C24H27N3O3S. The molecule has 0 saturated carbocycles. The number of hydrogen-bond donors (Lipinski definition) is 0. The highest BCUT2D eigenvalue weighted by Crippen LogP contribution is 2.35. The molecule has 2 aliphatic heterocycles. The molecule has 2 aromatic rings. The summed E-state index contributed by atoms with van der Waals surface area (Å²) in [4.78, 5) is 22.7. The topological polar surface area (TPSA) is 54.4 Å². The number of thioether (sulfide) groups is 1. The third kappa shape index (κ3) is 5.36. The zero-order valence-corrected chi connectivity index (χ0v) is 18.5. The summed E-state index contributed by atoms with van der Waals surface area (Å²) < 4.78 is 11.0. The smallest absolute Gasteiger partial charge is 0.266 e. The zero-order chi connectivity index (χ0) is 21.5. The van der Waals surface area contributed by atoms with Crippen LogP contribution in [-0.2, 0) is 14.3 Å². The molecule has 162 valence electrons. The molecular weight excluding hydrogens is 410 g/mol. The van der Waals surface area contributed by atoms with Crippen LogP contribution in [0.4, 0.5) is 11.4 Å². The number of para-hydroxylation sites is 2. The van der Waals surface area contributed by atoms with Crippen molar-refractivity contribution in [1.29, 1.82) is 0 Å². The van der Waals surface area contributed by atoms with Crippen LogP contribution in [0.1, 0.15) is 12.5 Å². The van der Waals surface area contributed by atoms with Gasteiger partial charge in [-0.05, 0) is 48.5 Å². The molecule has 6 nitrogen and oxygen atoms in total. The third-order valence-corrected chi connectivity index (χ3v) is 6.11. The summed E-state index contributed by atoms with van der Waals surface area (Å²) in [6, 6.07) is 17.9. The van der Waals surface area contributed by atoms with Crippen molar-refractivity contribution in [1.82, 2.24) is 4.90 Å². The molecule has 2 heterocycles. The maximum Gasteiger partial charge on any atom is 0.266 e. The molecule has 0 spiro atoms. The van der Waals surface area contributed by atoms with E-state index in [1.54, 1.807) is 4.90 Å². The van der Waals surface area contributed by atoms with Crippen molar-refractivity contribution in [3.05, 3.63) is 65.1 Å². The molecule has 0 atom stereocenters. The Labute approximate surface area is 187 Å². The van der Waals surface area contributed by atoms with Crippen molar-refractivity contribution in [2.45, 2.75) is 6.92 Å². The van der Waals surface area contributed by atoms with E-state index in [2.05, 4.69) is 17.0 Å². The van der Waals surface area contributed by atoms with Crippen LogP contribution in [0.3, 0.4) is 0 Å². The van der Waals surface area contributed by atoms with E-state index < -0.39 is 0 Å². The van der Waals surface area contributed by atoms with E-state index in [0.717, 1.165) is 43.2 Å². The summed E-state index contributed by atoms with van der Waals surface area (Å²) in [5.74, 6) is -0.0313. The number of morpholine rings is 1. The van der Waals surface area contributed by atoms with Crippen LogP contribution in [0.5, 0.6) is 0 Å². The van der Waals surface area contributed by atoms with Crippen molar-refractivity contribution in [2.24, 2.45) is 4.99 Å². The van der Waals surface area contributed by atoms with Gasteiger partial charge in [0.1, 0.15) is 0 Å². The van der Waals surface area contributed by atoms with Gasteiger partial charge in [0, 0.05) is 25.4 Å². The fourth-order valence-corrected chi connectivity index (χ4v) is 4.56. The lowest BCUT2D eigenvalue weighted by atomic mass is 10.1. The highest BCUT2D eigenvalue weighted by Gasteiger charge is 2.33. The van der Waals surface area contributed by atoms with Gasteiger partial charge in [-0.2, -0.15) is 0 Å². The molecule has 0 bridgehead atoms. The van der Waals surface area contributed by atoms with Gasteiger partial charge >= 0.3 is 0 Å². The van der Waals surface area contributed by atoms with Gasteiger partial charge in [0.15, 0.2) is 5.17 Å². The Morgan fingerprint density at radius 1 is 1.10 bits per heavy atom. The summed E-state index contributed by atoms with van der Waals surface area (Å²) in [7, 11) is 0. The Morgan fingerprint density at radius 3 is 2.61 bits per heavy atom. The van der Waals surface area contributed by atoms with Crippen LogP contribution in [-0.4, -0.2) is 62.0 Å². The Balaban J connectivity index is 1.63. The number of carbonyl (C=O) groups excluding carboxylic acids is 1. The second kappa shape index (κ2) is 10.6. The minimum Gasteiger partial charge on any atom is -0.380 e. The molecule has 2 saturated heterocycles. The van der Waals surface area contributed by atoms with E-state index in [1.165, 1.54) is 11.8 Å². The van der Waals surface area contributed by atoms with Gasteiger partial charge < -0.3 is 14.4 Å². The van der Waals surface area contributed by atoms with Crippen molar-refractivity contribution in [3.63, 3.8) is 0 Å². The van der Waals surface area contributed by atoms with Gasteiger partial charge in [-0.25, -0.2) is 4.99 Å². The molecule has 4 rings (SSSR count). The molecule has 1 amide bonds. The maximum absolute atomic E-state index is 13.3. The van der Waals surface area contributed by atoms with E-state index in [-0.39, 0.29) is 5.91 Å². The Hall–Kier alpha value is -2.61. The molecule has 2 aromatic carbocycles. The molecule has 0 radical (unpaired) electrons. The Morgan fingerprint density at radius 2 is 1.84 bits per heavy atom. The van der Waals surface area contributed by atoms with Crippen LogP contribution in [0.25, 0.3) is 6.08 Å². The van der Waals surface area contributed by atoms with E-state index >= 15 is 0 Å². The van der Waals surface area contributed by atoms with Gasteiger partial charge in [0.05, 0.1) is 37.0 Å². The highest BCUT2D eigenvalue weighted by atomic mass is 32.2. The predicted molar refractivity (Wildman–Crippen MR) is 127 cm³/mol. The number of benzene rings is 2. The number of nitrogens with zero attached hydrogens (tertiary/aromatic N) is 3. The number of rotatable bonds is 7. The summed E-state index contributed by atoms with van der Waals surface area (Å²) in [5.41, 5.74) is 2.99. The lowest BCUT2D eigenvalue weighted by Crippen LogP contribution is -2.36. The normalized spacial score (nSPS) is 19.6. The summed E-state index contributed by atoms with van der Waals surface area (Å²) >= 11 is 1.42. The average molecular weight is 438 g/mol. The summed E-state index contributed by atoms with van der Waals surface area (Å²) in [6.07, 6.45) is 1.99. The van der Waals surface area contributed by atoms with E-state index in [4.69, 9.17) is 14.5 Å². The van der Waals surface area contributed by atoms with Crippen LogP contribution in [0, 0.1) is 0 Å². The summed E-state index contributed by atoms with van der Waals surface area (Å²) in [6.45, 7) is 6.67. The number of hydrogen-bond acceptors (Lipinski definition) is 6. The first-order valence-electron chi connectivity index (χ1n) is 10.6. The first kappa shape index (κ1) is 21.6. The quantitative estimate of drug-likeness (QED) is 0.481. The fraction of sp³-hybridized carbons (Fsp3) is 0.333. The van der Waals surface area contributed by atoms with E-state index in [1.807, 2.05) is 55.5 Å². The lowest BCUT2D eigenvalue weighted by Gasteiger charge is -2.30. The number of ether oxygens (including phenoxy) is 2. The molecule has 0 aliphatic carbocycles. The first-order valence-corrected chi connectivity index (χ1v) is 11.4. The molecule has 0 N–H and O–H groups in total. The minimum atomic E-state index is -0.0313. The van der Waals surface area contributed by atoms with Gasteiger partial charge in [-0.1, -0.05) is 36.4 Å². The Kier molecular flexibility index (Phi) is 7.40. The SMILES string of the molecule is CCOCCN1C(=O)/C(=C\c2ccccc2N2CCOCC2)SC1=Nc1ccccc1. The molecule has 2 aliphatic rings. The fourth-order valence-electron chi connectivity index (χ4n) is 3.54. The average Bonchev–Trinajstić information content (AvgIpc) is 3.10. The number of amides is 1. The molecule has 0 aromatic heterocycles. The molecule has 2 fully saturated rings. The van der Waals surface area contributed by atoms with Crippen LogP contribution in [0.2, 0.25) is 0 Å². The van der Waals surface area contributed by atoms with E-state index in [9.17, 15) is 4.79 Å². The monoisotopic (exact) mass is 437 g/mol. The van der Waals surface area contributed by atoms with Crippen LogP contribution >= 0.6 is 11.8 Å². The number of carbonyl (C=O) groups is 1. The van der Waals surface area contributed by atoms with Crippen LogP contribution < -0.4 is 4.90 Å². The molecule has 31 heavy (non-hydrogen) atoms. The van der Waals surface area contributed by atoms with Gasteiger partial charge in [-0.3, -0.25) is 9.69 Å². The number of anilines is 1. The van der Waals surface area contributed by atoms with Gasteiger partial charge in [0.25, 0.3) is 5.91 Å². The first-order chi connectivity index (χ1) is 15.3. The highest BCUT2D eigenvalue weighted by molar-refractivity contribution is 8.18. The second-order valence-corrected chi connectivity index (χ2v) is 8.16. The third-order valence-electron chi connectivity index (χ3n) is 5.11. The largest absolute Gasteiger partial charge is 0.380 e. The summed E-state index contributed by atoms with van der Waals surface area (Å²) in [5, 5.41) is 0.686. The standard InChI is InChI=1S/C24H27N3O3S/c1-2-29-17-14-27-23(28)22(31-24(27)25-20-9-4-3-5-10-20)18-19-8-6-7-11-21(19)26-12-15-30-16-13-26/h3-11,18H,2,12-17H2,1H3/b22-18+,25-24?. The minimum absolute atomic E-state index is 0.0313. The maximum atomic E-state index is 13.3. The van der Waals surface area contributed by atoms with Gasteiger partial charge in [-0.15, -0.1) is 0 Å². The Bertz CT molecular complexity index is 956. The molecule has 0 unspecified atom stereocenters. The number of amidine groups is 1. The number of aliphatic imine (C=N–C) groups is 1. The van der Waals surface area contributed by atoms with Crippen molar-refractivity contribution >= 4 is 40.3 Å². The predicted octanol–water partition coefficient (Wildman–Crippen LogP) is 4.16. The van der Waals surface area contributed by atoms with Crippen molar-refractivity contribution < 1.29 is 14.3 Å². The second-order valence-electron chi connectivity index (χ2n) is 7.15. The van der Waals surface area contributed by atoms with Crippen molar-refractivity contribution in [3.8, 4) is 0 Å². The van der Waals surface area contributed by atoms with Crippen LogP contribution in [0.15, 0.2) is 64.5 Å². The zero-order valence-electron chi connectivity index (χ0n) is 17.7.